The quantitative estimate of drug-likeness (QED) is 0.407. The van der Waals surface area contributed by atoms with Gasteiger partial charge in [0.05, 0.1) is 5.69 Å². The molecule has 1 N–H and O–H groups in total. The molecule has 0 saturated carbocycles. The first-order valence-corrected chi connectivity index (χ1v) is 10.3. The summed E-state index contributed by atoms with van der Waals surface area (Å²) in [6, 6.07) is 28.1. The average Bonchev–Trinajstić information content (AvgIpc) is 3.33. The molecule has 0 amide bonds. The number of rotatable bonds is 4. The fraction of sp³-hybridized carbons (Fsp3) is 0.200. The number of nitrogens with one attached hydrogen (secondary N) is 1. The number of hydrogen-bond acceptors (Lipinski definition) is 1. The van der Waals surface area contributed by atoms with Crippen molar-refractivity contribution in [1.29, 1.82) is 0 Å². The second-order valence-corrected chi connectivity index (χ2v) is 8.02. The Hall–Kier alpha value is -2.55. The van der Waals surface area contributed by atoms with Crippen molar-refractivity contribution < 1.29 is 0 Å². The largest absolute Gasteiger partial charge is 0.354 e. The molecule has 0 bridgehead atoms. The normalized spacial score (nSPS) is 17.4. The lowest BCUT2D eigenvalue weighted by molar-refractivity contribution is 0.250. The third-order valence-electron chi connectivity index (χ3n) is 5.80. The van der Waals surface area contributed by atoms with Gasteiger partial charge in [-0.2, -0.15) is 0 Å². The Morgan fingerprint density at radius 2 is 1.64 bits per heavy atom. The Labute approximate surface area is 170 Å². The van der Waals surface area contributed by atoms with Crippen molar-refractivity contribution in [3.8, 4) is 11.3 Å². The SMILES string of the molecule is Clc1ccc(-c2[nH]c3ccccc3c2[C@H]2CCCN2Cc2ccccc2)cc1. The molecule has 3 aromatic carbocycles. The summed E-state index contributed by atoms with van der Waals surface area (Å²) in [5.41, 5.74) is 6.42. The number of halogens is 1. The molecule has 0 radical (unpaired) electrons. The maximum Gasteiger partial charge on any atom is 0.0513 e. The van der Waals surface area contributed by atoms with Gasteiger partial charge < -0.3 is 4.98 Å². The molecule has 4 aromatic rings. The lowest BCUT2D eigenvalue weighted by atomic mass is 9.97. The van der Waals surface area contributed by atoms with Gasteiger partial charge in [0, 0.05) is 34.1 Å². The maximum atomic E-state index is 6.14. The van der Waals surface area contributed by atoms with Crippen molar-refractivity contribution in [3.63, 3.8) is 0 Å². The first-order valence-electron chi connectivity index (χ1n) is 9.94. The van der Waals surface area contributed by atoms with Crippen LogP contribution in [-0.4, -0.2) is 16.4 Å². The van der Waals surface area contributed by atoms with Crippen LogP contribution in [0.4, 0.5) is 0 Å². The highest BCUT2D eigenvalue weighted by Crippen LogP contribution is 2.42. The van der Waals surface area contributed by atoms with Gasteiger partial charge in [-0.1, -0.05) is 72.3 Å². The van der Waals surface area contributed by atoms with E-state index in [-0.39, 0.29) is 0 Å². The fourth-order valence-electron chi connectivity index (χ4n) is 4.51. The molecular formula is C25H23ClN2. The third-order valence-corrected chi connectivity index (χ3v) is 6.06. The van der Waals surface area contributed by atoms with Crippen LogP contribution in [-0.2, 0) is 6.54 Å². The molecule has 1 fully saturated rings. The summed E-state index contributed by atoms with van der Waals surface area (Å²) in [6.45, 7) is 2.13. The topological polar surface area (TPSA) is 19.0 Å². The van der Waals surface area contributed by atoms with Crippen LogP contribution in [0.15, 0.2) is 78.9 Å². The lowest BCUT2D eigenvalue weighted by Crippen LogP contribution is -2.23. The highest BCUT2D eigenvalue weighted by atomic mass is 35.5. The molecule has 1 aromatic heterocycles. The lowest BCUT2D eigenvalue weighted by Gasteiger charge is -2.26. The van der Waals surface area contributed by atoms with Gasteiger partial charge in [0.1, 0.15) is 0 Å². The Morgan fingerprint density at radius 1 is 0.893 bits per heavy atom. The molecule has 2 nitrogen and oxygen atoms in total. The number of H-pyrrole nitrogens is 1. The summed E-state index contributed by atoms with van der Waals surface area (Å²) >= 11 is 6.14. The summed E-state index contributed by atoms with van der Waals surface area (Å²) in [4.78, 5) is 6.32. The smallest absolute Gasteiger partial charge is 0.0513 e. The average molecular weight is 387 g/mol. The van der Waals surface area contributed by atoms with Gasteiger partial charge in [-0.15, -0.1) is 0 Å². The van der Waals surface area contributed by atoms with Crippen molar-refractivity contribution in [3.05, 3.63) is 95.0 Å². The van der Waals surface area contributed by atoms with E-state index >= 15 is 0 Å². The van der Waals surface area contributed by atoms with Crippen molar-refractivity contribution in [2.24, 2.45) is 0 Å². The Balaban J connectivity index is 1.60. The number of likely N-dealkylation sites (tertiary alicyclic amines) is 1. The number of nitrogens with zero attached hydrogens (tertiary/aromatic N) is 1. The molecule has 0 spiro atoms. The van der Waals surface area contributed by atoms with E-state index in [0.717, 1.165) is 18.1 Å². The van der Waals surface area contributed by atoms with Gasteiger partial charge in [0.25, 0.3) is 0 Å². The van der Waals surface area contributed by atoms with Gasteiger partial charge in [-0.05, 0) is 48.7 Å². The van der Waals surface area contributed by atoms with E-state index in [1.807, 2.05) is 12.1 Å². The van der Waals surface area contributed by atoms with E-state index in [1.54, 1.807) is 0 Å². The molecule has 1 aliphatic heterocycles. The third kappa shape index (κ3) is 3.23. The molecule has 2 heterocycles. The highest BCUT2D eigenvalue weighted by Gasteiger charge is 2.30. The Kier molecular flexibility index (Phi) is 4.67. The second-order valence-electron chi connectivity index (χ2n) is 7.58. The predicted molar refractivity (Wildman–Crippen MR) is 118 cm³/mol. The molecule has 1 atom stereocenters. The highest BCUT2D eigenvalue weighted by molar-refractivity contribution is 6.30. The van der Waals surface area contributed by atoms with Crippen molar-refractivity contribution in [1.82, 2.24) is 9.88 Å². The minimum atomic E-state index is 0.419. The number of fused-ring (bicyclic) bond motifs is 1. The predicted octanol–water partition coefficient (Wildman–Crippen LogP) is 6.83. The zero-order valence-corrected chi connectivity index (χ0v) is 16.5. The van der Waals surface area contributed by atoms with Crippen LogP contribution in [0, 0.1) is 0 Å². The fourth-order valence-corrected chi connectivity index (χ4v) is 4.64. The number of aromatic amines is 1. The summed E-state index contributed by atoms with van der Waals surface area (Å²) in [6.07, 6.45) is 2.42. The molecule has 0 unspecified atom stereocenters. The summed E-state index contributed by atoms with van der Waals surface area (Å²) in [5.74, 6) is 0. The molecular weight excluding hydrogens is 364 g/mol. The zero-order valence-electron chi connectivity index (χ0n) is 15.7. The van der Waals surface area contributed by atoms with E-state index in [0.29, 0.717) is 6.04 Å². The second kappa shape index (κ2) is 7.46. The molecule has 1 saturated heterocycles. The minimum Gasteiger partial charge on any atom is -0.354 e. The van der Waals surface area contributed by atoms with Crippen LogP contribution < -0.4 is 0 Å². The van der Waals surface area contributed by atoms with Gasteiger partial charge in [0.2, 0.25) is 0 Å². The van der Waals surface area contributed by atoms with Gasteiger partial charge in [-0.3, -0.25) is 4.90 Å². The van der Waals surface area contributed by atoms with Crippen molar-refractivity contribution in [2.75, 3.05) is 6.54 Å². The van der Waals surface area contributed by atoms with Crippen LogP contribution in [0.5, 0.6) is 0 Å². The first-order chi connectivity index (χ1) is 13.8. The van der Waals surface area contributed by atoms with E-state index < -0.39 is 0 Å². The van der Waals surface area contributed by atoms with Crippen LogP contribution in [0.2, 0.25) is 5.02 Å². The van der Waals surface area contributed by atoms with Crippen molar-refractivity contribution >= 4 is 22.5 Å². The van der Waals surface area contributed by atoms with Crippen LogP contribution in [0.3, 0.4) is 0 Å². The summed E-state index contributed by atoms with van der Waals surface area (Å²) < 4.78 is 0. The Morgan fingerprint density at radius 3 is 2.46 bits per heavy atom. The minimum absolute atomic E-state index is 0.419. The van der Waals surface area contributed by atoms with Gasteiger partial charge in [0.15, 0.2) is 0 Å². The number of aromatic nitrogens is 1. The summed E-state index contributed by atoms with van der Waals surface area (Å²) in [7, 11) is 0. The van der Waals surface area contributed by atoms with Crippen molar-refractivity contribution in [2.45, 2.75) is 25.4 Å². The molecule has 0 aliphatic carbocycles. The molecule has 1 aliphatic rings. The van der Waals surface area contributed by atoms with Crippen LogP contribution in [0.1, 0.15) is 30.0 Å². The van der Waals surface area contributed by atoms with E-state index in [2.05, 4.69) is 76.6 Å². The molecule has 3 heteroatoms. The van der Waals surface area contributed by atoms with Gasteiger partial charge >= 0.3 is 0 Å². The van der Waals surface area contributed by atoms with E-state index in [9.17, 15) is 0 Å². The summed E-state index contributed by atoms with van der Waals surface area (Å²) in [5, 5.41) is 2.10. The number of benzene rings is 3. The molecule has 5 rings (SSSR count). The van der Waals surface area contributed by atoms with E-state index in [1.165, 1.54) is 46.1 Å². The van der Waals surface area contributed by atoms with Crippen LogP contribution in [0.25, 0.3) is 22.2 Å². The van der Waals surface area contributed by atoms with Gasteiger partial charge in [-0.25, -0.2) is 0 Å². The molecule has 140 valence electrons. The Bertz CT molecular complexity index is 1080. The van der Waals surface area contributed by atoms with Crippen LogP contribution >= 0.6 is 11.6 Å². The number of hydrogen-bond donors (Lipinski definition) is 1. The molecule has 28 heavy (non-hydrogen) atoms. The maximum absolute atomic E-state index is 6.14. The standard InChI is InChI=1S/C25H23ClN2/c26-20-14-12-19(13-15-20)25-24(21-9-4-5-10-22(21)27-25)23-11-6-16-28(23)17-18-7-2-1-3-8-18/h1-5,7-10,12-15,23,27H,6,11,16-17H2/t23-/m1/s1. The van der Waals surface area contributed by atoms with E-state index in [4.69, 9.17) is 11.6 Å². The first kappa shape index (κ1) is 17.5. The number of para-hydroxylation sites is 1. The monoisotopic (exact) mass is 386 g/mol. The zero-order chi connectivity index (χ0) is 18.9.